The van der Waals surface area contributed by atoms with Crippen LogP contribution in [0.1, 0.15) is 44.7 Å². The molecule has 0 aromatic heterocycles. The highest BCUT2D eigenvalue weighted by Gasteiger charge is 2.19. The molecule has 6 heteroatoms. The maximum absolute atomic E-state index is 11.7. The zero-order valence-electron chi connectivity index (χ0n) is 14.8. The first-order valence-corrected chi connectivity index (χ1v) is 8.49. The van der Waals surface area contributed by atoms with E-state index in [0.717, 1.165) is 32.0 Å². The Labute approximate surface area is 162 Å². The zero-order chi connectivity index (χ0) is 16.7. The van der Waals surface area contributed by atoms with Gasteiger partial charge in [0.25, 0.3) is 0 Å². The predicted molar refractivity (Wildman–Crippen MR) is 110 cm³/mol. The minimum Gasteiger partial charge on any atom is -0.357 e. The van der Waals surface area contributed by atoms with E-state index in [4.69, 9.17) is 0 Å². The number of hydrogen-bond donors (Lipinski definition) is 2. The summed E-state index contributed by atoms with van der Waals surface area (Å²) < 4.78 is 0. The number of carbonyl (C=O) groups is 1. The lowest BCUT2D eigenvalue weighted by atomic mass is 10.1. The van der Waals surface area contributed by atoms with Gasteiger partial charge in [-0.2, -0.15) is 0 Å². The zero-order valence-corrected chi connectivity index (χ0v) is 17.2. The van der Waals surface area contributed by atoms with Gasteiger partial charge in [-0.1, -0.05) is 24.3 Å². The summed E-state index contributed by atoms with van der Waals surface area (Å²) >= 11 is 0. The fraction of sp³-hybridized carbons (Fsp3) is 0.556. The third-order valence-corrected chi connectivity index (χ3v) is 3.76. The van der Waals surface area contributed by atoms with Crippen LogP contribution in [-0.2, 0) is 17.9 Å². The summed E-state index contributed by atoms with van der Waals surface area (Å²) in [5.41, 5.74) is 2.35. The molecule has 0 saturated carbocycles. The number of carbonyl (C=O) groups excluding carboxylic acids is 1. The molecule has 0 unspecified atom stereocenters. The van der Waals surface area contributed by atoms with Gasteiger partial charge in [0.1, 0.15) is 0 Å². The first-order chi connectivity index (χ1) is 11.1. The second kappa shape index (κ2) is 10.5. The molecule has 2 rings (SSSR count). The van der Waals surface area contributed by atoms with Crippen molar-refractivity contribution in [2.24, 2.45) is 4.99 Å². The molecule has 0 radical (unpaired) electrons. The van der Waals surface area contributed by atoms with Crippen molar-refractivity contribution in [3.8, 4) is 0 Å². The van der Waals surface area contributed by atoms with Gasteiger partial charge < -0.3 is 15.5 Å². The molecule has 134 valence electrons. The van der Waals surface area contributed by atoms with Gasteiger partial charge in [0.05, 0.1) is 6.54 Å². The molecule has 1 aliphatic heterocycles. The van der Waals surface area contributed by atoms with Gasteiger partial charge in [0, 0.05) is 32.1 Å². The minimum atomic E-state index is 0. The highest BCUT2D eigenvalue weighted by molar-refractivity contribution is 14.0. The fourth-order valence-corrected chi connectivity index (χ4v) is 2.61. The van der Waals surface area contributed by atoms with E-state index in [1.807, 2.05) is 4.90 Å². The van der Waals surface area contributed by atoms with Gasteiger partial charge >= 0.3 is 0 Å². The Bertz CT molecular complexity index is 542. The number of guanidine groups is 1. The summed E-state index contributed by atoms with van der Waals surface area (Å²) in [4.78, 5) is 18.2. The Morgan fingerprint density at radius 1 is 1.25 bits per heavy atom. The Kier molecular flexibility index (Phi) is 9.10. The standard InChI is InChI=1S/C18H28N4O.HI/c1-4-19-18(21-14(2)3)20-12-15-7-9-16(10-8-15)13-22-11-5-6-17(22)23;/h7-10,14H,4-6,11-13H2,1-3H3,(H2,19,20,21);1H. The van der Waals surface area contributed by atoms with Crippen LogP contribution in [-0.4, -0.2) is 35.9 Å². The van der Waals surface area contributed by atoms with Crippen molar-refractivity contribution in [2.75, 3.05) is 13.1 Å². The third kappa shape index (κ3) is 6.67. The SMILES string of the molecule is CCNC(=NCc1ccc(CN2CCCC2=O)cc1)NC(C)C.I. The molecule has 1 saturated heterocycles. The molecule has 0 bridgehead atoms. The van der Waals surface area contributed by atoms with Crippen molar-refractivity contribution in [2.45, 2.75) is 52.7 Å². The summed E-state index contributed by atoms with van der Waals surface area (Å²) in [5.74, 6) is 1.11. The minimum absolute atomic E-state index is 0. The smallest absolute Gasteiger partial charge is 0.222 e. The van der Waals surface area contributed by atoms with Crippen LogP contribution in [0.4, 0.5) is 0 Å². The van der Waals surface area contributed by atoms with Crippen LogP contribution in [0.15, 0.2) is 29.3 Å². The van der Waals surface area contributed by atoms with Crippen LogP contribution in [0, 0.1) is 0 Å². The van der Waals surface area contributed by atoms with Crippen LogP contribution in [0.5, 0.6) is 0 Å². The van der Waals surface area contributed by atoms with Crippen molar-refractivity contribution in [1.82, 2.24) is 15.5 Å². The van der Waals surface area contributed by atoms with Crippen LogP contribution < -0.4 is 10.6 Å². The van der Waals surface area contributed by atoms with Gasteiger partial charge in [0.15, 0.2) is 5.96 Å². The molecule has 1 aromatic rings. The van der Waals surface area contributed by atoms with Gasteiger partial charge in [-0.05, 0) is 38.3 Å². The largest absolute Gasteiger partial charge is 0.357 e. The van der Waals surface area contributed by atoms with Crippen molar-refractivity contribution < 1.29 is 4.79 Å². The summed E-state index contributed by atoms with van der Waals surface area (Å²) in [6, 6.07) is 8.74. The first kappa shape index (κ1) is 20.7. The summed E-state index contributed by atoms with van der Waals surface area (Å²) in [7, 11) is 0. The molecule has 0 spiro atoms. The van der Waals surface area contributed by atoms with Gasteiger partial charge in [-0.3, -0.25) is 4.79 Å². The number of halogens is 1. The monoisotopic (exact) mass is 444 g/mol. The number of amides is 1. The summed E-state index contributed by atoms with van der Waals surface area (Å²) in [6.45, 7) is 9.36. The molecule has 0 atom stereocenters. The van der Waals surface area contributed by atoms with E-state index in [9.17, 15) is 4.79 Å². The molecule has 0 aliphatic carbocycles. The van der Waals surface area contributed by atoms with E-state index < -0.39 is 0 Å². The number of rotatable bonds is 6. The predicted octanol–water partition coefficient (Wildman–Crippen LogP) is 2.89. The van der Waals surface area contributed by atoms with E-state index in [1.165, 1.54) is 11.1 Å². The number of likely N-dealkylation sites (tertiary alicyclic amines) is 1. The molecule has 5 nitrogen and oxygen atoms in total. The molecule has 1 heterocycles. The molecule has 1 amide bonds. The highest BCUT2D eigenvalue weighted by Crippen LogP contribution is 2.15. The summed E-state index contributed by atoms with van der Waals surface area (Å²) in [6.07, 6.45) is 1.69. The molecular formula is C18H29IN4O. The molecule has 1 aliphatic rings. The second-order valence-electron chi connectivity index (χ2n) is 6.23. The Hall–Kier alpha value is -1.31. The number of aliphatic imine (C=N–C) groups is 1. The normalized spacial score (nSPS) is 14.8. The lowest BCUT2D eigenvalue weighted by molar-refractivity contribution is -0.128. The molecule has 2 N–H and O–H groups in total. The number of benzene rings is 1. The molecular weight excluding hydrogens is 415 g/mol. The van der Waals surface area contributed by atoms with Crippen LogP contribution >= 0.6 is 24.0 Å². The first-order valence-electron chi connectivity index (χ1n) is 8.49. The maximum Gasteiger partial charge on any atom is 0.222 e. The highest BCUT2D eigenvalue weighted by atomic mass is 127. The van der Waals surface area contributed by atoms with E-state index in [-0.39, 0.29) is 29.9 Å². The maximum atomic E-state index is 11.7. The lowest BCUT2D eigenvalue weighted by Gasteiger charge is -2.16. The number of nitrogens with one attached hydrogen (secondary N) is 2. The third-order valence-electron chi connectivity index (χ3n) is 3.76. The van der Waals surface area contributed by atoms with E-state index in [1.54, 1.807) is 0 Å². The Morgan fingerprint density at radius 2 is 1.92 bits per heavy atom. The topological polar surface area (TPSA) is 56.7 Å². The van der Waals surface area contributed by atoms with Gasteiger partial charge in [-0.25, -0.2) is 4.99 Å². The van der Waals surface area contributed by atoms with E-state index in [0.29, 0.717) is 19.0 Å². The van der Waals surface area contributed by atoms with Crippen molar-refractivity contribution >= 4 is 35.8 Å². The van der Waals surface area contributed by atoms with Crippen molar-refractivity contribution in [1.29, 1.82) is 0 Å². The van der Waals surface area contributed by atoms with Gasteiger partial charge in [-0.15, -0.1) is 24.0 Å². The van der Waals surface area contributed by atoms with Gasteiger partial charge in [0.2, 0.25) is 5.91 Å². The number of hydrogen-bond acceptors (Lipinski definition) is 2. The Balaban J connectivity index is 0.00000288. The van der Waals surface area contributed by atoms with Crippen LogP contribution in [0.2, 0.25) is 0 Å². The average molecular weight is 444 g/mol. The molecule has 1 aromatic carbocycles. The average Bonchev–Trinajstić information content (AvgIpc) is 2.91. The van der Waals surface area contributed by atoms with Crippen molar-refractivity contribution in [3.63, 3.8) is 0 Å². The van der Waals surface area contributed by atoms with E-state index in [2.05, 4.69) is 60.7 Å². The molecule has 24 heavy (non-hydrogen) atoms. The van der Waals surface area contributed by atoms with Crippen molar-refractivity contribution in [3.05, 3.63) is 35.4 Å². The van der Waals surface area contributed by atoms with Crippen LogP contribution in [0.25, 0.3) is 0 Å². The summed E-state index contributed by atoms with van der Waals surface area (Å²) in [5, 5.41) is 6.55. The second-order valence-corrected chi connectivity index (χ2v) is 6.23. The quantitative estimate of drug-likeness (QED) is 0.403. The van der Waals surface area contributed by atoms with E-state index >= 15 is 0 Å². The molecule has 1 fully saturated rings. The lowest BCUT2D eigenvalue weighted by Crippen LogP contribution is -2.40. The fourth-order valence-electron chi connectivity index (χ4n) is 2.61. The Morgan fingerprint density at radius 3 is 2.46 bits per heavy atom. The number of nitrogens with zero attached hydrogens (tertiary/aromatic N) is 2. The van der Waals surface area contributed by atoms with Crippen LogP contribution in [0.3, 0.4) is 0 Å².